The van der Waals surface area contributed by atoms with Gasteiger partial charge < -0.3 is 5.32 Å². The number of benzene rings is 2. The van der Waals surface area contributed by atoms with Crippen LogP contribution >= 0.6 is 22.9 Å². The predicted molar refractivity (Wildman–Crippen MR) is 121 cm³/mol. The Kier molecular flexibility index (Phi) is 6.14. The van der Waals surface area contributed by atoms with Gasteiger partial charge in [-0.05, 0) is 47.2 Å². The first-order chi connectivity index (χ1) is 14.7. The fraction of sp³-hybridized carbons (Fsp3) is 0.190. The van der Waals surface area contributed by atoms with E-state index in [2.05, 4.69) is 10.0 Å². The number of thiophene rings is 1. The molecule has 10 heteroatoms. The zero-order valence-corrected chi connectivity index (χ0v) is 18.8. The van der Waals surface area contributed by atoms with Crippen molar-refractivity contribution in [3.8, 4) is 11.1 Å². The molecule has 162 valence electrons. The van der Waals surface area contributed by atoms with Gasteiger partial charge in [0.15, 0.2) is 0 Å². The van der Waals surface area contributed by atoms with E-state index in [1.807, 2.05) is 41.8 Å². The molecule has 3 aromatic rings. The van der Waals surface area contributed by atoms with Crippen LogP contribution in [0.15, 0.2) is 60.0 Å². The van der Waals surface area contributed by atoms with E-state index >= 15 is 0 Å². The second kappa shape index (κ2) is 8.68. The van der Waals surface area contributed by atoms with Crippen molar-refractivity contribution in [3.05, 3.63) is 75.7 Å². The summed E-state index contributed by atoms with van der Waals surface area (Å²) in [5, 5.41) is 4.47. The molecular weight excluding hydrogens is 461 g/mol. The Hall–Kier alpha value is -2.30. The molecule has 0 spiro atoms. The van der Waals surface area contributed by atoms with Crippen LogP contribution in [-0.4, -0.2) is 31.7 Å². The lowest BCUT2D eigenvalue weighted by molar-refractivity contribution is -0.120. The van der Waals surface area contributed by atoms with E-state index < -0.39 is 34.0 Å². The van der Waals surface area contributed by atoms with Crippen LogP contribution in [-0.2, 0) is 15.0 Å². The first-order valence-corrected chi connectivity index (χ1v) is 12.1. The first kappa shape index (κ1) is 21.9. The van der Waals surface area contributed by atoms with Crippen LogP contribution in [0.5, 0.6) is 0 Å². The molecule has 0 bridgehead atoms. The minimum atomic E-state index is -3.87. The molecule has 2 atom stereocenters. The highest BCUT2D eigenvalue weighted by Gasteiger charge is 2.41. The molecule has 1 aromatic heterocycles. The van der Waals surface area contributed by atoms with Crippen LogP contribution in [0.4, 0.5) is 10.1 Å². The van der Waals surface area contributed by atoms with E-state index in [0.29, 0.717) is 5.69 Å². The standard InChI is InChI=1S/C21H19ClFN3O3S2/c1-26-19(21(27)24-15-7-8-17(23)16(22)10-15)11-18(25-31(26,28)29)20-9-14(12-30-20)13-5-3-2-4-6-13/h2-10,12,18-19,25H,11H2,1H3,(H,24,27)/t18-,19+/m0/s1. The molecule has 1 aliphatic heterocycles. The Morgan fingerprint density at radius 3 is 2.65 bits per heavy atom. The van der Waals surface area contributed by atoms with Crippen molar-refractivity contribution in [2.45, 2.75) is 18.5 Å². The lowest BCUT2D eigenvalue weighted by Crippen LogP contribution is -2.55. The zero-order chi connectivity index (χ0) is 22.2. The van der Waals surface area contributed by atoms with Crippen LogP contribution in [0, 0.1) is 5.82 Å². The predicted octanol–water partition coefficient (Wildman–Crippen LogP) is 4.43. The Labute approximate surface area is 188 Å². The Morgan fingerprint density at radius 2 is 1.94 bits per heavy atom. The summed E-state index contributed by atoms with van der Waals surface area (Å²) in [6.07, 6.45) is 0.241. The summed E-state index contributed by atoms with van der Waals surface area (Å²) >= 11 is 7.21. The number of hydrogen-bond donors (Lipinski definition) is 2. The van der Waals surface area contributed by atoms with Crippen molar-refractivity contribution >= 4 is 44.7 Å². The maximum Gasteiger partial charge on any atom is 0.280 e. The van der Waals surface area contributed by atoms with Gasteiger partial charge in [-0.2, -0.15) is 17.4 Å². The summed E-state index contributed by atoms with van der Waals surface area (Å²) < 4.78 is 42.4. The number of likely N-dealkylation sites (N-methyl/N-ethyl adjacent to an activating group) is 1. The van der Waals surface area contributed by atoms with Gasteiger partial charge in [0.1, 0.15) is 11.9 Å². The molecule has 1 amide bonds. The number of hydrogen-bond acceptors (Lipinski definition) is 4. The van der Waals surface area contributed by atoms with Crippen molar-refractivity contribution in [3.63, 3.8) is 0 Å². The number of halogens is 2. The topological polar surface area (TPSA) is 78.5 Å². The molecule has 31 heavy (non-hydrogen) atoms. The summed E-state index contributed by atoms with van der Waals surface area (Å²) in [5.74, 6) is -1.12. The third-order valence-corrected chi connectivity index (χ3v) is 8.06. The van der Waals surface area contributed by atoms with Gasteiger partial charge in [0, 0.05) is 17.6 Å². The molecule has 0 radical (unpaired) electrons. The molecule has 0 unspecified atom stereocenters. The maximum absolute atomic E-state index is 13.4. The normalized spacial score (nSPS) is 21.0. The fourth-order valence-electron chi connectivity index (χ4n) is 3.41. The summed E-state index contributed by atoms with van der Waals surface area (Å²) in [6, 6.07) is 14.0. The van der Waals surface area contributed by atoms with Gasteiger partial charge in [-0.1, -0.05) is 41.9 Å². The molecule has 1 aliphatic rings. The minimum absolute atomic E-state index is 0.131. The monoisotopic (exact) mass is 479 g/mol. The maximum atomic E-state index is 13.4. The SMILES string of the molecule is CN1[C@@H](C(=O)Nc2ccc(F)c(Cl)c2)C[C@@H](c2cc(-c3ccccc3)cs2)NS1(=O)=O. The van der Waals surface area contributed by atoms with E-state index in [1.165, 1.54) is 30.5 Å². The number of nitrogens with one attached hydrogen (secondary N) is 2. The fourth-order valence-corrected chi connectivity index (χ4v) is 5.92. The largest absolute Gasteiger partial charge is 0.325 e. The number of anilines is 1. The highest BCUT2D eigenvalue weighted by molar-refractivity contribution is 7.87. The van der Waals surface area contributed by atoms with Gasteiger partial charge in [0.05, 0.1) is 11.1 Å². The lowest BCUT2D eigenvalue weighted by atomic mass is 10.0. The van der Waals surface area contributed by atoms with Crippen molar-refractivity contribution in [2.24, 2.45) is 0 Å². The van der Waals surface area contributed by atoms with Crippen LogP contribution in [0.25, 0.3) is 11.1 Å². The van der Waals surface area contributed by atoms with Crippen LogP contribution in [0.2, 0.25) is 5.02 Å². The third-order valence-electron chi connectivity index (χ3n) is 5.13. The second-order valence-corrected chi connectivity index (χ2v) is 10.3. The number of carbonyl (C=O) groups is 1. The summed E-state index contributed by atoms with van der Waals surface area (Å²) in [6.45, 7) is 0. The van der Waals surface area contributed by atoms with Gasteiger partial charge >= 0.3 is 0 Å². The van der Waals surface area contributed by atoms with E-state index in [4.69, 9.17) is 11.6 Å². The molecule has 0 saturated carbocycles. The molecule has 1 fully saturated rings. The molecule has 2 N–H and O–H groups in total. The average Bonchev–Trinajstić information content (AvgIpc) is 3.23. The Morgan fingerprint density at radius 1 is 1.19 bits per heavy atom. The highest BCUT2D eigenvalue weighted by Crippen LogP contribution is 2.35. The van der Waals surface area contributed by atoms with E-state index in [1.54, 1.807) is 0 Å². The number of nitrogens with zero attached hydrogens (tertiary/aromatic N) is 1. The van der Waals surface area contributed by atoms with Gasteiger partial charge in [0.2, 0.25) is 5.91 Å². The van der Waals surface area contributed by atoms with Crippen molar-refractivity contribution < 1.29 is 17.6 Å². The highest BCUT2D eigenvalue weighted by atomic mass is 35.5. The van der Waals surface area contributed by atoms with Gasteiger partial charge in [-0.15, -0.1) is 11.3 Å². The average molecular weight is 480 g/mol. The minimum Gasteiger partial charge on any atom is -0.325 e. The summed E-state index contributed by atoms with van der Waals surface area (Å²) in [5.41, 5.74) is 2.31. The van der Waals surface area contributed by atoms with Crippen LogP contribution in [0.1, 0.15) is 17.3 Å². The lowest BCUT2D eigenvalue weighted by Gasteiger charge is -2.35. The van der Waals surface area contributed by atoms with Crippen molar-refractivity contribution in [1.29, 1.82) is 0 Å². The van der Waals surface area contributed by atoms with Crippen LogP contribution in [0.3, 0.4) is 0 Å². The second-order valence-electron chi connectivity index (χ2n) is 7.17. The molecule has 2 heterocycles. The number of amides is 1. The van der Waals surface area contributed by atoms with Crippen LogP contribution < -0.4 is 10.0 Å². The van der Waals surface area contributed by atoms with Gasteiger partial charge in [-0.3, -0.25) is 4.79 Å². The third kappa shape index (κ3) is 4.65. The van der Waals surface area contributed by atoms with E-state index in [9.17, 15) is 17.6 Å². The van der Waals surface area contributed by atoms with E-state index in [0.717, 1.165) is 26.4 Å². The van der Waals surface area contributed by atoms with Gasteiger partial charge in [0.25, 0.3) is 10.2 Å². The van der Waals surface area contributed by atoms with Gasteiger partial charge in [-0.25, -0.2) is 4.39 Å². The molecular formula is C21H19ClFN3O3S2. The zero-order valence-electron chi connectivity index (χ0n) is 16.4. The summed E-state index contributed by atoms with van der Waals surface area (Å²) in [7, 11) is -2.52. The molecule has 2 aromatic carbocycles. The van der Waals surface area contributed by atoms with Crippen molar-refractivity contribution in [1.82, 2.24) is 9.03 Å². The number of carbonyl (C=O) groups excluding carboxylic acids is 1. The Bertz CT molecular complexity index is 1220. The van der Waals surface area contributed by atoms with Crippen molar-refractivity contribution in [2.75, 3.05) is 12.4 Å². The number of rotatable bonds is 4. The smallest absolute Gasteiger partial charge is 0.280 e. The quantitative estimate of drug-likeness (QED) is 0.581. The summed E-state index contributed by atoms with van der Waals surface area (Å²) in [4.78, 5) is 13.7. The Balaban J connectivity index is 1.57. The molecule has 6 nitrogen and oxygen atoms in total. The molecule has 1 saturated heterocycles. The molecule has 4 rings (SSSR count). The first-order valence-electron chi connectivity index (χ1n) is 9.39. The molecule has 0 aliphatic carbocycles. The van der Waals surface area contributed by atoms with E-state index in [-0.39, 0.29) is 11.4 Å².